The quantitative estimate of drug-likeness (QED) is 0.785. The first-order chi connectivity index (χ1) is 12.2. The maximum Gasteiger partial charge on any atom is 0.246 e. The van der Waals surface area contributed by atoms with Gasteiger partial charge >= 0.3 is 0 Å². The molecule has 130 valence electrons. The molecule has 0 N–H and O–H groups in total. The molecule has 4 rings (SSSR count). The summed E-state index contributed by atoms with van der Waals surface area (Å²) < 4.78 is 2.01. The Kier molecular flexibility index (Phi) is 3.99. The first-order valence-corrected chi connectivity index (χ1v) is 8.67. The third kappa shape index (κ3) is 2.79. The molecule has 0 spiro atoms. The lowest BCUT2D eigenvalue weighted by molar-refractivity contribution is -0.147. The second-order valence-corrected chi connectivity index (χ2v) is 6.75. The molecule has 2 amide bonds. The summed E-state index contributed by atoms with van der Waals surface area (Å²) in [6.45, 7) is 5.93. The van der Waals surface area contributed by atoms with E-state index in [0.29, 0.717) is 19.6 Å². The fourth-order valence-corrected chi connectivity index (χ4v) is 3.73. The molecular formula is C18H21N5O2. The summed E-state index contributed by atoms with van der Waals surface area (Å²) in [5.74, 6) is 1.08. The Morgan fingerprint density at radius 3 is 2.80 bits per heavy atom. The molecule has 0 radical (unpaired) electrons. The van der Waals surface area contributed by atoms with Crippen molar-refractivity contribution in [3.05, 3.63) is 42.9 Å². The third-order valence-electron chi connectivity index (χ3n) is 5.16. The zero-order valence-corrected chi connectivity index (χ0v) is 14.0. The number of rotatable bonds is 3. The van der Waals surface area contributed by atoms with Crippen molar-refractivity contribution < 1.29 is 9.59 Å². The van der Waals surface area contributed by atoms with Crippen molar-refractivity contribution in [1.82, 2.24) is 24.4 Å². The monoisotopic (exact) mass is 339 g/mol. The van der Waals surface area contributed by atoms with Gasteiger partial charge in [-0.05, 0) is 31.1 Å². The number of piperidine rings is 1. The Hall–Kier alpha value is -2.70. The Morgan fingerprint density at radius 2 is 2.00 bits per heavy atom. The summed E-state index contributed by atoms with van der Waals surface area (Å²) in [4.78, 5) is 27.9. The highest BCUT2D eigenvalue weighted by Crippen LogP contribution is 2.28. The molecule has 4 heterocycles. The van der Waals surface area contributed by atoms with Crippen molar-refractivity contribution in [1.29, 1.82) is 0 Å². The van der Waals surface area contributed by atoms with Crippen LogP contribution in [0.15, 0.2) is 37.1 Å². The number of amides is 2. The first kappa shape index (κ1) is 15.8. The molecule has 7 nitrogen and oxygen atoms in total. The van der Waals surface area contributed by atoms with Crippen LogP contribution < -0.4 is 0 Å². The van der Waals surface area contributed by atoms with Gasteiger partial charge in [-0.1, -0.05) is 12.6 Å². The molecule has 0 bridgehead atoms. The summed E-state index contributed by atoms with van der Waals surface area (Å²) >= 11 is 0. The molecule has 0 aromatic carbocycles. The van der Waals surface area contributed by atoms with Crippen LogP contribution in [0.2, 0.25) is 0 Å². The average molecular weight is 339 g/mol. The minimum Gasteiger partial charge on any atom is -0.342 e. The minimum atomic E-state index is -0.101. The molecule has 0 saturated carbocycles. The fraction of sp³-hybridized carbons (Fsp3) is 0.444. The lowest BCUT2D eigenvalue weighted by Crippen LogP contribution is -2.57. The number of hydrogen-bond donors (Lipinski definition) is 0. The van der Waals surface area contributed by atoms with Crippen molar-refractivity contribution in [3.8, 4) is 0 Å². The molecule has 2 aliphatic heterocycles. The second kappa shape index (κ2) is 6.31. The van der Waals surface area contributed by atoms with Crippen LogP contribution in [0.25, 0.3) is 5.65 Å². The largest absolute Gasteiger partial charge is 0.342 e. The summed E-state index contributed by atoms with van der Waals surface area (Å²) in [6.07, 6.45) is 5.23. The van der Waals surface area contributed by atoms with Gasteiger partial charge in [0, 0.05) is 38.3 Å². The highest BCUT2D eigenvalue weighted by molar-refractivity contribution is 5.90. The third-order valence-corrected chi connectivity index (χ3v) is 5.16. The summed E-state index contributed by atoms with van der Waals surface area (Å²) in [6, 6.07) is 5.84. The normalized spacial score (nSPS) is 21.2. The average Bonchev–Trinajstić information content (AvgIpc) is 3.04. The summed E-state index contributed by atoms with van der Waals surface area (Å²) in [5.41, 5.74) is 0.832. The molecule has 1 unspecified atom stereocenters. The second-order valence-electron chi connectivity index (χ2n) is 6.75. The van der Waals surface area contributed by atoms with Gasteiger partial charge in [-0.15, -0.1) is 10.2 Å². The number of nitrogens with zero attached hydrogens (tertiary/aromatic N) is 5. The van der Waals surface area contributed by atoms with Crippen molar-refractivity contribution in [3.63, 3.8) is 0 Å². The van der Waals surface area contributed by atoms with Crippen LogP contribution in [0.1, 0.15) is 24.6 Å². The molecule has 0 aliphatic carbocycles. The molecule has 2 fully saturated rings. The van der Waals surface area contributed by atoms with E-state index < -0.39 is 0 Å². The van der Waals surface area contributed by atoms with E-state index in [-0.39, 0.29) is 23.7 Å². The number of carbonyl (C=O) groups is 2. The summed E-state index contributed by atoms with van der Waals surface area (Å²) in [5, 5.41) is 8.57. The van der Waals surface area contributed by atoms with Crippen molar-refractivity contribution in [2.75, 3.05) is 26.2 Å². The Bertz CT molecular complexity index is 824. The van der Waals surface area contributed by atoms with Gasteiger partial charge in [-0.25, -0.2) is 0 Å². The van der Waals surface area contributed by atoms with Crippen LogP contribution in [0.3, 0.4) is 0 Å². The van der Waals surface area contributed by atoms with E-state index in [1.54, 1.807) is 4.90 Å². The van der Waals surface area contributed by atoms with Gasteiger partial charge in [0.2, 0.25) is 11.8 Å². The number of likely N-dealkylation sites (tertiary alicyclic amines) is 2. The number of hydrogen-bond acceptors (Lipinski definition) is 4. The zero-order chi connectivity index (χ0) is 17.4. The number of pyridine rings is 1. The highest BCUT2D eigenvalue weighted by atomic mass is 16.2. The standard InChI is InChI=1S/C18H21N5O2/c1-2-16(24)22-11-14(12-22)18(25)21-8-5-6-13(10-21)17-20-19-15-7-3-4-9-23(15)17/h2-4,7,9,13-14H,1,5-6,8,10-12H2. The van der Waals surface area contributed by atoms with E-state index in [0.717, 1.165) is 30.9 Å². The molecule has 2 aromatic heterocycles. The number of carbonyl (C=O) groups excluding carboxylic acids is 2. The molecular weight excluding hydrogens is 318 g/mol. The van der Waals surface area contributed by atoms with Gasteiger partial charge < -0.3 is 9.80 Å². The maximum absolute atomic E-state index is 12.7. The van der Waals surface area contributed by atoms with Gasteiger partial charge in [0.15, 0.2) is 5.65 Å². The fourth-order valence-electron chi connectivity index (χ4n) is 3.73. The van der Waals surface area contributed by atoms with E-state index in [1.807, 2.05) is 33.7 Å². The number of aromatic nitrogens is 3. The Balaban J connectivity index is 1.44. The highest BCUT2D eigenvalue weighted by Gasteiger charge is 2.38. The zero-order valence-electron chi connectivity index (χ0n) is 14.0. The molecule has 7 heteroatoms. The van der Waals surface area contributed by atoms with E-state index >= 15 is 0 Å². The van der Waals surface area contributed by atoms with Crippen LogP contribution in [0.4, 0.5) is 0 Å². The lowest BCUT2D eigenvalue weighted by atomic mass is 9.93. The lowest BCUT2D eigenvalue weighted by Gasteiger charge is -2.42. The predicted molar refractivity (Wildman–Crippen MR) is 91.8 cm³/mol. The predicted octanol–water partition coefficient (Wildman–Crippen LogP) is 1.08. The number of fused-ring (bicyclic) bond motifs is 1. The van der Waals surface area contributed by atoms with Gasteiger partial charge in [0.25, 0.3) is 0 Å². The molecule has 25 heavy (non-hydrogen) atoms. The van der Waals surface area contributed by atoms with E-state index in [9.17, 15) is 9.59 Å². The molecule has 2 saturated heterocycles. The van der Waals surface area contributed by atoms with Crippen molar-refractivity contribution in [2.24, 2.45) is 5.92 Å². The van der Waals surface area contributed by atoms with Crippen LogP contribution in [0, 0.1) is 5.92 Å². The summed E-state index contributed by atoms with van der Waals surface area (Å²) in [7, 11) is 0. The molecule has 2 aliphatic rings. The van der Waals surface area contributed by atoms with E-state index in [1.165, 1.54) is 6.08 Å². The van der Waals surface area contributed by atoms with Crippen LogP contribution in [0.5, 0.6) is 0 Å². The topological polar surface area (TPSA) is 70.8 Å². The first-order valence-electron chi connectivity index (χ1n) is 8.67. The van der Waals surface area contributed by atoms with Gasteiger partial charge in [0.1, 0.15) is 5.82 Å². The molecule has 2 aromatic rings. The molecule has 1 atom stereocenters. The minimum absolute atomic E-state index is 0.0854. The Labute approximate surface area is 145 Å². The SMILES string of the molecule is C=CC(=O)N1CC(C(=O)N2CCCC(c3nnc4ccccn34)C2)C1. The van der Waals surface area contributed by atoms with E-state index in [2.05, 4.69) is 16.8 Å². The maximum atomic E-state index is 12.7. The van der Waals surface area contributed by atoms with Gasteiger partial charge in [0.05, 0.1) is 5.92 Å². The van der Waals surface area contributed by atoms with Crippen molar-refractivity contribution in [2.45, 2.75) is 18.8 Å². The van der Waals surface area contributed by atoms with E-state index in [4.69, 9.17) is 0 Å². The smallest absolute Gasteiger partial charge is 0.246 e. The Morgan fingerprint density at radius 1 is 1.16 bits per heavy atom. The van der Waals surface area contributed by atoms with Gasteiger partial charge in [-0.3, -0.25) is 14.0 Å². The van der Waals surface area contributed by atoms with Crippen LogP contribution in [-0.4, -0.2) is 62.4 Å². The van der Waals surface area contributed by atoms with Crippen molar-refractivity contribution >= 4 is 17.5 Å². The van der Waals surface area contributed by atoms with Crippen LogP contribution >= 0.6 is 0 Å². The van der Waals surface area contributed by atoms with Gasteiger partial charge in [-0.2, -0.15) is 0 Å². The van der Waals surface area contributed by atoms with Crippen LogP contribution in [-0.2, 0) is 9.59 Å².